The molecule has 2 aliphatic rings. The third kappa shape index (κ3) is 6.39. The van der Waals surface area contributed by atoms with Gasteiger partial charge in [0.1, 0.15) is 0 Å². The number of rotatable bonds is 7. The molecular formula is C20H40N4O2. The first kappa shape index (κ1) is 21.5. The molecule has 2 rings (SSSR count). The van der Waals surface area contributed by atoms with E-state index in [1.54, 1.807) is 0 Å². The number of piperidine rings is 2. The summed E-state index contributed by atoms with van der Waals surface area (Å²) in [4.78, 5) is 17.2. The quantitative estimate of drug-likeness (QED) is 0.723. The van der Waals surface area contributed by atoms with Crippen LogP contribution in [0.5, 0.6) is 0 Å². The summed E-state index contributed by atoms with van der Waals surface area (Å²) in [6.45, 7) is 13.5. The maximum atomic E-state index is 12.3. The highest BCUT2D eigenvalue weighted by atomic mass is 16.6. The van der Waals surface area contributed by atoms with Crippen molar-refractivity contribution in [1.29, 1.82) is 0 Å². The molecule has 6 nitrogen and oxygen atoms in total. The predicted molar refractivity (Wildman–Crippen MR) is 107 cm³/mol. The largest absolute Gasteiger partial charge is 0.447 e. The second-order valence-corrected chi connectivity index (χ2v) is 8.61. The Morgan fingerprint density at radius 2 is 1.77 bits per heavy atom. The van der Waals surface area contributed by atoms with Crippen LogP contribution in [0.4, 0.5) is 4.79 Å². The number of nitrogens with zero attached hydrogens (tertiary/aromatic N) is 2. The molecule has 0 radical (unpaired) electrons. The summed E-state index contributed by atoms with van der Waals surface area (Å²) in [7, 11) is 2.19. The van der Waals surface area contributed by atoms with E-state index in [1.165, 1.54) is 19.3 Å². The zero-order valence-electron chi connectivity index (χ0n) is 17.5. The van der Waals surface area contributed by atoms with Gasteiger partial charge < -0.3 is 25.2 Å². The Labute approximate surface area is 160 Å². The molecule has 2 fully saturated rings. The molecule has 6 heteroatoms. The summed E-state index contributed by atoms with van der Waals surface area (Å²) in [5.41, 5.74) is -0.195. The van der Waals surface area contributed by atoms with Gasteiger partial charge in [-0.2, -0.15) is 0 Å². The minimum atomic E-state index is -0.276. The fraction of sp³-hybridized carbons (Fsp3) is 0.950. The fourth-order valence-corrected chi connectivity index (χ4v) is 4.01. The topological polar surface area (TPSA) is 56.8 Å². The number of carbonyl (C=O) groups is 1. The van der Waals surface area contributed by atoms with Gasteiger partial charge in [-0.05, 0) is 73.0 Å². The number of carbonyl (C=O) groups excluding carboxylic acids is 1. The van der Waals surface area contributed by atoms with Crippen LogP contribution in [0.25, 0.3) is 0 Å². The molecule has 0 aromatic rings. The van der Waals surface area contributed by atoms with Gasteiger partial charge in [0.05, 0.1) is 11.6 Å². The summed E-state index contributed by atoms with van der Waals surface area (Å²) < 4.78 is 5.38. The van der Waals surface area contributed by atoms with E-state index >= 15 is 0 Å². The smallest absolute Gasteiger partial charge is 0.407 e. The lowest BCUT2D eigenvalue weighted by Gasteiger charge is -2.45. The van der Waals surface area contributed by atoms with Crippen LogP contribution in [-0.2, 0) is 4.74 Å². The number of nitrogens with one attached hydrogen (secondary N) is 2. The number of hydrogen-bond acceptors (Lipinski definition) is 5. The van der Waals surface area contributed by atoms with Gasteiger partial charge in [-0.25, -0.2) is 4.79 Å². The molecule has 1 atom stereocenters. The van der Waals surface area contributed by atoms with Gasteiger partial charge >= 0.3 is 6.09 Å². The van der Waals surface area contributed by atoms with Gasteiger partial charge in [-0.3, -0.25) is 0 Å². The molecule has 152 valence electrons. The first-order valence-electron chi connectivity index (χ1n) is 10.5. The fourth-order valence-electron chi connectivity index (χ4n) is 4.01. The summed E-state index contributed by atoms with van der Waals surface area (Å²) in [5, 5.41) is 6.98. The number of likely N-dealkylation sites (tertiary alicyclic amines) is 2. The lowest BCUT2D eigenvalue weighted by Crippen LogP contribution is -2.62. The lowest BCUT2D eigenvalue weighted by molar-refractivity contribution is 0.0721. The molecule has 2 heterocycles. The first-order chi connectivity index (χ1) is 12.3. The predicted octanol–water partition coefficient (Wildman–Crippen LogP) is 2.44. The molecule has 2 aliphatic heterocycles. The minimum Gasteiger partial charge on any atom is -0.447 e. The molecule has 0 saturated carbocycles. The van der Waals surface area contributed by atoms with E-state index in [2.05, 4.69) is 41.3 Å². The van der Waals surface area contributed by atoms with Crippen LogP contribution in [0.1, 0.15) is 59.8 Å². The normalized spacial score (nSPS) is 23.8. The van der Waals surface area contributed by atoms with Crippen molar-refractivity contribution in [3.63, 3.8) is 0 Å². The van der Waals surface area contributed by atoms with Gasteiger partial charge in [-0.15, -0.1) is 0 Å². The number of ether oxygens (including phenoxy) is 1. The van der Waals surface area contributed by atoms with Crippen LogP contribution in [0.2, 0.25) is 0 Å². The summed E-state index contributed by atoms with van der Waals surface area (Å²) >= 11 is 0. The Morgan fingerprint density at radius 1 is 1.15 bits per heavy atom. The maximum Gasteiger partial charge on any atom is 0.407 e. The molecular weight excluding hydrogens is 328 g/mol. The zero-order valence-corrected chi connectivity index (χ0v) is 17.5. The van der Waals surface area contributed by atoms with Crippen molar-refractivity contribution >= 4 is 6.09 Å². The van der Waals surface area contributed by atoms with Crippen LogP contribution in [0.15, 0.2) is 0 Å². The van der Waals surface area contributed by atoms with Crippen LogP contribution in [-0.4, -0.2) is 79.4 Å². The van der Waals surface area contributed by atoms with Gasteiger partial charge in [0.2, 0.25) is 0 Å². The van der Waals surface area contributed by atoms with E-state index in [0.29, 0.717) is 12.1 Å². The van der Waals surface area contributed by atoms with E-state index in [0.717, 1.165) is 45.6 Å². The van der Waals surface area contributed by atoms with Crippen molar-refractivity contribution in [2.45, 2.75) is 83.5 Å². The average molecular weight is 369 g/mol. The molecule has 2 saturated heterocycles. The number of alkyl carbamates (subject to hydrolysis) is 1. The molecule has 26 heavy (non-hydrogen) atoms. The first-order valence-corrected chi connectivity index (χ1v) is 10.5. The van der Waals surface area contributed by atoms with E-state index in [1.807, 2.05) is 13.8 Å². The highest BCUT2D eigenvalue weighted by Gasteiger charge is 2.38. The maximum absolute atomic E-state index is 12.3. The van der Waals surface area contributed by atoms with Crippen molar-refractivity contribution < 1.29 is 9.53 Å². The highest BCUT2D eigenvalue weighted by molar-refractivity contribution is 5.68. The second kappa shape index (κ2) is 9.90. The van der Waals surface area contributed by atoms with E-state index in [-0.39, 0.29) is 17.7 Å². The highest BCUT2D eigenvalue weighted by Crippen LogP contribution is 2.25. The van der Waals surface area contributed by atoms with Crippen molar-refractivity contribution in [3.05, 3.63) is 0 Å². The van der Waals surface area contributed by atoms with Gasteiger partial charge in [-0.1, -0.05) is 6.92 Å². The van der Waals surface area contributed by atoms with Gasteiger partial charge in [0.15, 0.2) is 0 Å². The molecule has 1 unspecified atom stereocenters. The molecule has 0 aromatic heterocycles. The van der Waals surface area contributed by atoms with Crippen molar-refractivity contribution in [1.82, 2.24) is 20.4 Å². The Kier molecular flexibility index (Phi) is 8.17. The van der Waals surface area contributed by atoms with E-state index < -0.39 is 0 Å². The standard InChI is InChI=1S/C20H40N4O2/c1-6-17(4)24-13-9-20(10-14-24,22-19(25)26-16(2)3)15-21-18-7-11-23(5)12-8-18/h16-18,21H,6-15H2,1-5H3,(H,22,25). The van der Waals surface area contributed by atoms with Crippen LogP contribution in [0.3, 0.4) is 0 Å². The Balaban J connectivity index is 1.94. The third-order valence-electron chi connectivity index (χ3n) is 6.13. The number of hydrogen-bond donors (Lipinski definition) is 2. The van der Waals surface area contributed by atoms with E-state index in [9.17, 15) is 4.79 Å². The Bertz CT molecular complexity index is 428. The summed E-state index contributed by atoms with van der Waals surface area (Å²) in [6, 6.07) is 1.16. The summed E-state index contributed by atoms with van der Waals surface area (Å²) in [5.74, 6) is 0. The van der Waals surface area contributed by atoms with Crippen LogP contribution in [0, 0.1) is 0 Å². The van der Waals surface area contributed by atoms with Crippen molar-refractivity contribution in [2.75, 3.05) is 39.8 Å². The van der Waals surface area contributed by atoms with Crippen LogP contribution >= 0.6 is 0 Å². The Hall–Kier alpha value is -0.850. The molecule has 0 spiro atoms. The lowest BCUT2D eigenvalue weighted by atomic mass is 9.86. The third-order valence-corrected chi connectivity index (χ3v) is 6.13. The van der Waals surface area contributed by atoms with Crippen LogP contribution < -0.4 is 10.6 Å². The minimum absolute atomic E-state index is 0.0888. The van der Waals surface area contributed by atoms with Crippen molar-refractivity contribution in [3.8, 4) is 0 Å². The van der Waals surface area contributed by atoms with Crippen molar-refractivity contribution in [2.24, 2.45) is 0 Å². The molecule has 0 aromatic carbocycles. The van der Waals surface area contributed by atoms with Gasteiger partial charge in [0, 0.05) is 31.7 Å². The SMILES string of the molecule is CCC(C)N1CCC(CNC2CCN(C)CC2)(NC(=O)OC(C)C)CC1. The van der Waals surface area contributed by atoms with Gasteiger partial charge in [0.25, 0.3) is 0 Å². The molecule has 0 bridgehead atoms. The molecule has 0 aliphatic carbocycles. The number of amides is 1. The molecule has 1 amide bonds. The second-order valence-electron chi connectivity index (χ2n) is 8.61. The zero-order chi connectivity index (χ0) is 19.2. The van der Waals surface area contributed by atoms with E-state index in [4.69, 9.17) is 4.74 Å². The Morgan fingerprint density at radius 3 is 2.31 bits per heavy atom. The summed E-state index contributed by atoms with van der Waals surface area (Å²) in [6.07, 6.45) is 5.12. The monoisotopic (exact) mass is 368 g/mol. The molecule has 2 N–H and O–H groups in total. The average Bonchev–Trinajstić information content (AvgIpc) is 2.60.